The first-order chi connectivity index (χ1) is 9.29. The fraction of sp³-hybridized carbons (Fsp3) is 0.364. The monoisotopic (exact) mass is 289 g/mol. The molecule has 0 heterocycles. The molecule has 0 aliphatic heterocycles. The van der Waals surface area contributed by atoms with Crippen molar-refractivity contribution in [3.05, 3.63) is 33.6 Å². The van der Waals surface area contributed by atoms with Gasteiger partial charge in [0.05, 0.1) is 11.5 Å². The molecule has 3 N–H and O–H groups in total. The number of carbonyl (C=O) groups excluding carboxylic acids is 1. The Kier molecular flexibility index (Phi) is 4.94. The number of ether oxygens (including phenoxy) is 1. The van der Waals surface area contributed by atoms with Gasteiger partial charge >= 0.3 is 11.7 Å². The van der Waals surface area contributed by atoms with Gasteiger partial charge in [-0.1, -0.05) is 0 Å². The van der Waals surface area contributed by atoms with Gasteiger partial charge in [0.25, 0.3) is 0 Å². The van der Waals surface area contributed by atoms with Crippen molar-refractivity contribution in [1.82, 2.24) is 0 Å². The van der Waals surface area contributed by atoms with Crippen LogP contribution in [-0.4, -0.2) is 38.9 Å². The molecule has 1 aromatic rings. The lowest BCUT2D eigenvalue weighted by Gasteiger charge is -2.17. The number of aliphatic hydroxyl groups excluding tert-OH is 2. The number of aliphatic hydroxyl groups is 2. The smallest absolute Gasteiger partial charge is 0.338 e. The number of benzene rings is 1. The summed E-state index contributed by atoms with van der Waals surface area (Å²) in [4.78, 5) is 20.8. The van der Waals surface area contributed by atoms with Crippen molar-refractivity contribution in [3.63, 3.8) is 0 Å². The second-order valence-corrected chi connectivity index (χ2v) is 3.76. The normalized spacial score (nSPS) is 13.6. The Morgan fingerprint density at radius 3 is 2.60 bits per heavy atom. The lowest BCUT2D eigenvalue weighted by molar-refractivity contribution is -0.386. The number of esters is 1. The number of aromatic hydroxyl groups is 1. The molecule has 0 aromatic heterocycles. The molecule has 0 fully saturated rings. The van der Waals surface area contributed by atoms with E-state index in [1.54, 1.807) is 0 Å². The fourth-order valence-electron chi connectivity index (χ4n) is 1.47. The van der Waals surface area contributed by atoms with Crippen molar-refractivity contribution in [1.29, 1.82) is 0 Å². The van der Waals surface area contributed by atoms with Crippen molar-refractivity contribution in [3.8, 4) is 5.75 Å². The van der Waals surface area contributed by atoms with Crippen LogP contribution in [0.15, 0.2) is 12.1 Å². The largest absolute Gasteiger partial charge is 0.502 e. The van der Waals surface area contributed by atoms with Gasteiger partial charge in [0.15, 0.2) is 11.9 Å². The number of phenols is 1. The van der Waals surface area contributed by atoms with Crippen LogP contribution in [0.25, 0.3) is 0 Å². The van der Waals surface area contributed by atoms with E-state index in [-0.39, 0.29) is 6.61 Å². The minimum Gasteiger partial charge on any atom is -0.502 e. The molecule has 1 rings (SSSR count). The summed E-state index contributed by atoms with van der Waals surface area (Å²) in [6.45, 7) is 1.39. The summed E-state index contributed by atoms with van der Waals surface area (Å²) in [6.07, 6.45) is -4.16. The maximum absolute atomic E-state index is 13.5. The van der Waals surface area contributed by atoms with E-state index in [9.17, 15) is 34.6 Å². The number of halogens is 1. The van der Waals surface area contributed by atoms with Crippen molar-refractivity contribution in [2.24, 2.45) is 0 Å². The summed E-state index contributed by atoms with van der Waals surface area (Å²) in [5, 5.41) is 38.9. The van der Waals surface area contributed by atoms with Gasteiger partial charge in [-0.25, -0.2) is 9.18 Å². The van der Waals surface area contributed by atoms with Gasteiger partial charge < -0.3 is 20.1 Å². The Balaban J connectivity index is 3.15. The fourth-order valence-corrected chi connectivity index (χ4v) is 1.47. The molecule has 0 amide bonds. The van der Waals surface area contributed by atoms with Gasteiger partial charge in [-0.2, -0.15) is 0 Å². The van der Waals surface area contributed by atoms with Gasteiger partial charge in [0.1, 0.15) is 11.9 Å². The molecule has 110 valence electrons. The lowest BCUT2D eigenvalue weighted by atomic mass is 10.0. The van der Waals surface area contributed by atoms with Crippen LogP contribution < -0.4 is 0 Å². The van der Waals surface area contributed by atoms with Crippen LogP contribution in [0.3, 0.4) is 0 Å². The van der Waals surface area contributed by atoms with Gasteiger partial charge in [-0.3, -0.25) is 10.1 Å². The maximum Gasteiger partial charge on any atom is 0.338 e. The minimum absolute atomic E-state index is 0.0686. The molecular formula is C11H12FNO7. The van der Waals surface area contributed by atoms with Gasteiger partial charge in [0, 0.05) is 17.7 Å². The van der Waals surface area contributed by atoms with Crippen molar-refractivity contribution in [2.75, 3.05) is 6.61 Å². The van der Waals surface area contributed by atoms with E-state index >= 15 is 0 Å². The molecule has 0 radical (unpaired) electrons. The minimum atomic E-state index is -2.10. The average molecular weight is 289 g/mol. The maximum atomic E-state index is 13.5. The van der Waals surface area contributed by atoms with Crippen LogP contribution in [0, 0.1) is 15.9 Å². The van der Waals surface area contributed by atoms with Gasteiger partial charge in [-0.15, -0.1) is 0 Å². The zero-order valence-electron chi connectivity index (χ0n) is 10.3. The van der Waals surface area contributed by atoms with E-state index in [0.717, 1.165) is 0 Å². The first-order valence-corrected chi connectivity index (χ1v) is 5.49. The number of rotatable bonds is 5. The SMILES string of the molecule is CCOC(=O)C(O)C(O)c1cc([N+](=O)[O-])c(O)cc1F. The van der Waals surface area contributed by atoms with E-state index in [2.05, 4.69) is 4.74 Å². The highest BCUT2D eigenvalue weighted by atomic mass is 19.1. The molecular weight excluding hydrogens is 277 g/mol. The van der Waals surface area contributed by atoms with E-state index in [0.29, 0.717) is 12.1 Å². The Labute approximate surface area is 112 Å². The third-order valence-electron chi connectivity index (χ3n) is 2.44. The summed E-state index contributed by atoms with van der Waals surface area (Å²) in [6, 6.07) is 0.951. The summed E-state index contributed by atoms with van der Waals surface area (Å²) in [5.41, 5.74) is -1.56. The molecule has 0 spiro atoms. The summed E-state index contributed by atoms with van der Waals surface area (Å²) in [5.74, 6) is -3.34. The second-order valence-electron chi connectivity index (χ2n) is 3.76. The Hall–Kier alpha value is -2.26. The van der Waals surface area contributed by atoms with E-state index in [4.69, 9.17) is 0 Å². The number of hydrogen-bond donors (Lipinski definition) is 3. The molecule has 0 bridgehead atoms. The Bertz CT molecular complexity index is 534. The average Bonchev–Trinajstić information content (AvgIpc) is 2.37. The van der Waals surface area contributed by atoms with E-state index < -0.39 is 45.9 Å². The van der Waals surface area contributed by atoms with Gasteiger partial charge in [-0.05, 0) is 6.92 Å². The zero-order chi connectivity index (χ0) is 15.4. The number of nitrogens with zero attached hydrogens (tertiary/aromatic N) is 1. The lowest BCUT2D eigenvalue weighted by Crippen LogP contribution is -2.30. The summed E-state index contributed by atoms with van der Waals surface area (Å²) in [7, 11) is 0. The van der Waals surface area contributed by atoms with E-state index in [1.165, 1.54) is 6.92 Å². The topological polar surface area (TPSA) is 130 Å². The Morgan fingerprint density at radius 1 is 1.50 bits per heavy atom. The number of phenolic OH excluding ortho intramolecular Hbond substituents is 1. The van der Waals surface area contributed by atoms with Crippen molar-refractivity contribution in [2.45, 2.75) is 19.1 Å². The van der Waals surface area contributed by atoms with Crippen LogP contribution in [-0.2, 0) is 9.53 Å². The quantitative estimate of drug-likeness (QED) is 0.406. The first-order valence-electron chi connectivity index (χ1n) is 5.49. The van der Waals surface area contributed by atoms with Crippen LogP contribution in [0.5, 0.6) is 5.75 Å². The molecule has 2 atom stereocenters. The molecule has 0 aliphatic rings. The molecule has 8 nitrogen and oxygen atoms in total. The molecule has 9 heteroatoms. The zero-order valence-corrected chi connectivity index (χ0v) is 10.3. The highest BCUT2D eigenvalue weighted by Gasteiger charge is 2.31. The number of nitro groups is 1. The molecule has 20 heavy (non-hydrogen) atoms. The van der Waals surface area contributed by atoms with Crippen LogP contribution in [0.1, 0.15) is 18.6 Å². The molecule has 0 saturated heterocycles. The van der Waals surface area contributed by atoms with Gasteiger partial charge in [0.2, 0.25) is 0 Å². The van der Waals surface area contributed by atoms with Crippen molar-refractivity contribution < 1.29 is 34.2 Å². The van der Waals surface area contributed by atoms with E-state index in [1.807, 2.05) is 0 Å². The summed E-state index contributed by atoms with van der Waals surface area (Å²) >= 11 is 0. The number of carbonyl (C=O) groups is 1. The number of hydrogen-bond acceptors (Lipinski definition) is 7. The molecule has 0 saturated carbocycles. The molecule has 2 unspecified atom stereocenters. The summed E-state index contributed by atoms with van der Waals surface area (Å²) < 4.78 is 18.0. The third kappa shape index (κ3) is 3.19. The van der Waals surface area contributed by atoms with Crippen molar-refractivity contribution >= 4 is 11.7 Å². The highest BCUT2D eigenvalue weighted by Crippen LogP contribution is 2.32. The number of nitro benzene ring substituents is 1. The highest BCUT2D eigenvalue weighted by molar-refractivity contribution is 5.75. The first kappa shape index (κ1) is 15.8. The molecule has 1 aromatic carbocycles. The predicted octanol–water partition coefficient (Wildman–Crippen LogP) is 0.397. The van der Waals surface area contributed by atoms with Crippen LogP contribution >= 0.6 is 0 Å². The standard InChI is InChI=1S/C11H12FNO7/c1-2-20-11(17)10(16)9(15)5-3-7(13(18)19)8(14)4-6(5)12/h3-4,9-10,14-16H,2H2,1H3. The third-order valence-corrected chi connectivity index (χ3v) is 2.44. The molecule has 0 aliphatic carbocycles. The van der Waals surface area contributed by atoms with Crippen LogP contribution in [0.2, 0.25) is 0 Å². The second kappa shape index (κ2) is 6.26. The Morgan fingerprint density at radius 2 is 2.10 bits per heavy atom. The predicted molar refractivity (Wildman–Crippen MR) is 62.3 cm³/mol. The van der Waals surface area contributed by atoms with Crippen LogP contribution in [0.4, 0.5) is 10.1 Å².